The van der Waals surface area contributed by atoms with Crippen LogP contribution < -0.4 is 0 Å². The lowest BCUT2D eigenvalue weighted by atomic mass is 10.0. The van der Waals surface area contributed by atoms with Gasteiger partial charge in [-0.15, -0.1) is 0 Å². The van der Waals surface area contributed by atoms with E-state index in [-0.39, 0.29) is 12.3 Å². The molecule has 0 aromatic rings. The number of hydrogen-bond acceptors (Lipinski definition) is 10. The van der Waals surface area contributed by atoms with Crippen molar-refractivity contribution in [2.45, 2.75) is 12.8 Å². The smallest absolute Gasteiger partial charge is 0.315 e. The van der Waals surface area contributed by atoms with E-state index in [1.165, 1.54) is 28.4 Å². The molecule has 0 aliphatic carbocycles. The Morgan fingerprint density at radius 1 is 0.594 bits per heavy atom. The first kappa shape index (κ1) is 25.6. The van der Waals surface area contributed by atoms with Crippen molar-refractivity contribution in [3.8, 4) is 0 Å². The van der Waals surface area contributed by atoms with Crippen molar-refractivity contribution in [3.63, 3.8) is 0 Å². The molecule has 0 aromatic carbocycles. The van der Waals surface area contributed by atoms with Crippen LogP contribution in [0.3, 0.4) is 0 Å². The predicted octanol–water partition coefficient (Wildman–Crippen LogP) is 3.99. The predicted molar refractivity (Wildman–Crippen MR) is 116 cm³/mol. The Morgan fingerprint density at radius 2 is 0.875 bits per heavy atom. The Labute approximate surface area is 188 Å². The molecule has 2 heterocycles. The lowest BCUT2D eigenvalue weighted by molar-refractivity contribution is 0.103. The summed E-state index contributed by atoms with van der Waals surface area (Å²) in [6.07, 6.45) is 8.28. The molecule has 0 saturated heterocycles. The van der Waals surface area contributed by atoms with Crippen LogP contribution >= 0.6 is 15.4 Å². The molecule has 0 unspecified atom stereocenters. The highest BCUT2D eigenvalue weighted by molar-refractivity contribution is 7.30. The molecule has 0 fully saturated rings. The van der Waals surface area contributed by atoms with Gasteiger partial charge in [-0.1, -0.05) is 0 Å². The molecule has 2 aliphatic rings. The van der Waals surface area contributed by atoms with Crippen LogP contribution in [0.15, 0.2) is 59.0 Å². The molecule has 0 spiro atoms. The van der Waals surface area contributed by atoms with Gasteiger partial charge in [0, 0.05) is 37.4 Å². The van der Waals surface area contributed by atoms with Crippen molar-refractivity contribution in [3.05, 3.63) is 59.0 Å². The molecule has 32 heavy (non-hydrogen) atoms. The number of allylic oxidation sites excluding steroid dienone is 6. The van der Waals surface area contributed by atoms with E-state index in [4.69, 9.17) is 18.9 Å². The van der Waals surface area contributed by atoms with Crippen LogP contribution in [0.4, 0.5) is 0 Å². The van der Waals surface area contributed by atoms with E-state index in [1.54, 1.807) is 9.80 Å². The van der Waals surface area contributed by atoms with Gasteiger partial charge in [0.2, 0.25) is 0 Å². The van der Waals surface area contributed by atoms with Crippen molar-refractivity contribution >= 4 is 15.4 Å². The van der Waals surface area contributed by atoms with Crippen molar-refractivity contribution in [1.29, 1.82) is 0 Å². The second kappa shape index (κ2) is 12.4. The maximum atomic E-state index is 10.9. The van der Waals surface area contributed by atoms with Crippen LogP contribution in [0.2, 0.25) is 0 Å². The quantitative estimate of drug-likeness (QED) is 0.375. The monoisotopic (exact) mass is 486 g/mol. The third-order valence-electron chi connectivity index (χ3n) is 4.79. The van der Waals surface area contributed by atoms with Crippen molar-refractivity contribution < 1.29 is 37.2 Å². The summed E-state index contributed by atoms with van der Waals surface area (Å²) in [6.45, 7) is 0.832. The standard InChI is InChI=1S/C20H28N2O8P2/c1-27-17-11-15(12-18(28-2)21(17)7-5-9-31(23)24)16-13-19(29-3)22(20(14-16)30-4)8-6-10-32(25)26/h11-14H,5-10H2,1-4H3. The van der Waals surface area contributed by atoms with Gasteiger partial charge in [0.1, 0.15) is 0 Å². The van der Waals surface area contributed by atoms with Gasteiger partial charge in [-0.05, 0) is 24.0 Å². The van der Waals surface area contributed by atoms with E-state index in [9.17, 15) is 18.3 Å². The average molecular weight is 486 g/mol. The first-order chi connectivity index (χ1) is 15.3. The fraction of sp³-hybridized carbons (Fsp3) is 0.500. The largest absolute Gasteiger partial charge is 0.482 e. The summed E-state index contributed by atoms with van der Waals surface area (Å²) >= 11 is 0. The number of rotatable bonds is 12. The highest BCUT2D eigenvalue weighted by Crippen LogP contribution is 2.32. The normalized spacial score (nSPS) is 16.0. The second-order valence-corrected chi connectivity index (χ2v) is 9.01. The summed E-state index contributed by atoms with van der Waals surface area (Å²) in [4.78, 5) is 3.54. The van der Waals surface area contributed by atoms with E-state index in [0.29, 0.717) is 49.5 Å². The number of ether oxygens (including phenoxy) is 4. The van der Waals surface area contributed by atoms with Crippen LogP contribution in [-0.4, -0.2) is 63.7 Å². The molecule has 10 nitrogen and oxygen atoms in total. The Balaban J connectivity index is 2.39. The maximum Gasteiger partial charge on any atom is 0.315 e. The summed E-state index contributed by atoms with van der Waals surface area (Å²) < 4.78 is 65.7. The third kappa shape index (κ3) is 6.65. The zero-order valence-corrected chi connectivity index (χ0v) is 20.4. The highest BCUT2D eigenvalue weighted by Gasteiger charge is 2.26. The maximum absolute atomic E-state index is 10.9. The highest BCUT2D eigenvalue weighted by atomic mass is 31.1. The third-order valence-corrected chi connectivity index (χ3v) is 6.16. The van der Waals surface area contributed by atoms with Crippen LogP contribution in [0.1, 0.15) is 12.8 Å². The molecule has 0 saturated carbocycles. The van der Waals surface area contributed by atoms with Gasteiger partial charge < -0.3 is 18.9 Å². The molecule has 0 N–H and O–H groups in total. The van der Waals surface area contributed by atoms with Gasteiger partial charge in [0.15, 0.2) is 23.5 Å². The second-order valence-electron chi connectivity index (χ2n) is 6.78. The fourth-order valence-electron chi connectivity index (χ4n) is 3.31. The summed E-state index contributed by atoms with van der Waals surface area (Å²) in [5.74, 6) is 2.03. The molecule has 176 valence electrons. The van der Waals surface area contributed by atoms with Crippen molar-refractivity contribution in [2.75, 3.05) is 53.9 Å². The lowest BCUT2D eigenvalue weighted by Crippen LogP contribution is -2.30. The zero-order chi connectivity index (χ0) is 23.7. The van der Waals surface area contributed by atoms with Crippen molar-refractivity contribution in [1.82, 2.24) is 9.80 Å². The van der Waals surface area contributed by atoms with Gasteiger partial charge >= 0.3 is 15.4 Å². The van der Waals surface area contributed by atoms with Crippen LogP contribution in [-0.2, 0) is 37.2 Å². The SMILES string of the molecule is COC1=CC(=C2C=C(OC)N(CCCP(=O)=O)C(OC)=C2)C=C(OC)N1CCCP(=O)=O. The van der Waals surface area contributed by atoms with Crippen molar-refractivity contribution in [2.24, 2.45) is 0 Å². The molecule has 0 aromatic heterocycles. The molecule has 0 radical (unpaired) electrons. The Morgan fingerprint density at radius 3 is 1.09 bits per heavy atom. The molecule has 2 aliphatic heterocycles. The van der Waals surface area contributed by atoms with E-state index >= 15 is 0 Å². The Bertz CT molecular complexity index is 848. The van der Waals surface area contributed by atoms with Gasteiger partial charge in [0.25, 0.3) is 0 Å². The summed E-state index contributed by atoms with van der Waals surface area (Å²) in [5.41, 5.74) is 1.55. The van der Waals surface area contributed by atoms with Gasteiger partial charge in [0.05, 0.1) is 40.8 Å². The molecule has 2 rings (SSSR count). The van der Waals surface area contributed by atoms with Crippen LogP contribution in [0.5, 0.6) is 0 Å². The first-order valence-electron chi connectivity index (χ1n) is 9.90. The molecular formula is C20H28N2O8P2. The Hall–Kier alpha value is -2.70. The zero-order valence-electron chi connectivity index (χ0n) is 18.6. The minimum absolute atomic E-state index is 0.0735. The number of hydrogen-bond donors (Lipinski definition) is 0. The topological polar surface area (TPSA) is 112 Å². The van der Waals surface area contributed by atoms with E-state index in [0.717, 1.165) is 11.1 Å². The van der Waals surface area contributed by atoms with E-state index < -0.39 is 15.4 Å². The lowest BCUT2D eigenvalue weighted by Gasteiger charge is -2.32. The molecule has 0 bridgehead atoms. The summed E-state index contributed by atoms with van der Waals surface area (Å²) in [7, 11) is 1.23. The summed E-state index contributed by atoms with van der Waals surface area (Å²) in [6, 6.07) is 0. The van der Waals surface area contributed by atoms with E-state index in [1.807, 2.05) is 24.3 Å². The van der Waals surface area contributed by atoms with E-state index in [2.05, 4.69) is 0 Å². The minimum Gasteiger partial charge on any atom is -0.482 e. The van der Waals surface area contributed by atoms with Gasteiger partial charge in [-0.2, -0.15) is 0 Å². The molecular weight excluding hydrogens is 458 g/mol. The van der Waals surface area contributed by atoms with Gasteiger partial charge in [-0.3, -0.25) is 9.80 Å². The van der Waals surface area contributed by atoms with Gasteiger partial charge in [-0.25, -0.2) is 18.3 Å². The van der Waals surface area contributed by atoms with Crippen LogP contribution in [0, 0.1) is 0 Å². The number of methoxy groups -OCH3 is 4. The number of nitrogens with zero attached hydrogens (tertiary/aromatic N) is 2. The molecule has 12 heteroatoms. The first-order valence-corrected chi connectivity index (χ1v) is 12.6. The minimum atomic E-state index is -2.45. The average Bonchev–Trinajstić information content (AvgIpc) is 2.78. The summed E-state index contributed by atoms with van der Waals surface area (Å²) in [5, 5.41) is 0. The molecule has 0 atom stereocenters. The molecule has 0 amide bonds. The van der Waals surface area contributed by atoms with Crippen LogP contribution in [0.25, 0.3) is 0 Å². The fourth-order valence-corrected chi connectivity index (χ4v) is 4.11. The Kier molecular flexibility index (Phi) is 9.88.